The fourth-order valence-corrected chi connectivity index (χ4v) is 3.33. The molecule has 0 radical (unpaired) electrons. The summed E-state index contributed by atoms with van der Waals surface area (Å²) in [7, 11) is 0. The summed E-state index contributed by atoms with van der Waals surface area (Å²) in [4.78, 5) is 25.4. The Morgan fingerprint density at radius 3 is 2.89 bits per heavy atom. The van der Waals surface area contributed by atoms with Crippen molar-refractivity contribution < 1.29 is 14.4 Å². The molecule has 4 rings (SSSR count). The number of amidine groups is 1. The summed E-state index contributed by atoms with van der Waals surface area (Å²) in [5.74, 6) is 0.178. The van der Waals surface area contributed by atoms with Crippen molar-refractivity contribution in [2.24, 2.45) is 16.3 Å². The number of carbonyl (C=O) groups excluding carboxylic acids is 1. The molecular formula is C18H22N6O3. The lowest BCUT2D eigenvalue weighted by atomic mass is 9.98. The number of aromatic nitrogens is 4. The minimum Gasteiger partial charge on any atom is -0.379 e. The number of carbonyl (C=O) groups is 1. The second-order valence-corrected chi connectivity index (χ2v) is 7.82. The molecular weight excluding hydrogens is 348 g/mol. The van der Waals surface area contributed by atoms with E-state index in [1.165, 1.54) is 0 Å². The van der Waals surface area contributed by atoms with Crippen molar-refractivity contribution in [3.05, 3.63) is 35.5 Å². The maximum absolute atomic E-state index is 12.0. The second kappa shape index (κ2) is 6.41. The van der Waals surface area contributed by atoms with Crippen LogP contribution in [-0.2, 0) is 20.8 Å². The fraction of sp³-hybridized carbons (Fsp3) is 0.500. The first kappa shape index (κ1) is 17.6. The van der Waals surface area contributed by atoms with Gasteiger partial charge in [-0.05, 0) is 33.6 Å². The molecule has 142 valence electrons. The van der Waals surface area contributed by atoms with Crippen molar-refractivity contribution in [3.63, 3.8) is 0 Å². The van der Waals surface area contributed by atoms with E-state index < -0.39 is 11.4 Å². The van der Waals surface area contributed by atoms with E-state index in [-0.39, 0.29) is 18.0 Å². The van der Waals surface area contributed by atoms with Crippen molar-refractivity contribution in [3.8, 4) is 5.82 Å². The number of nitrogens with two attached hydrogens (primary N) is 1. The molecule has 9 heteroatoms. The van der Waals surface area contributed by atoms with Gasteiger partial charge in [0.05, 0.1) is 23.4 Å². The van der Waals surface area contributed by atoms with E-state index >= 15 is 0 Å². The zero-order valence-electron chi connectivity index (χ0n) is 15.5. The van der Waals surface area contributed by atoms with E-state index in [9.17, 15) is 4.79 Å². The Balaban J connectivity index is 1.75. The molecule has 2 aromatic heterocycles. The van der Waals surface area contributed by atoms with Crippen LogP contribution in [0.5, 0.6) is 0 Å². The maximum Gasteiger partial charge on any atom is 0.340 e. The molecule has 2 aromatic rings. The van der Waals surface area contributed by atoms with Crippen LogP contribution in [0.25, 0.3) is 5.82 Å². The molecule has 0 amide bonds. The van der Waals surface area contributed by atoms with Crippen LogP contribution >= 0.6 is 0 Å². The molecule has 0 aromatic carbocycles. The number of oxime groups is 1. The molecule has 0 spiro atoms. The molecule has 0 aliphatic carbocycles. The Hall–Kier alpha value is -2.81. The lowest BCUT2D eigenvalue weighted by Gasteiger charge is -2.22. The Kier molecular flexibility index (Phi) is 4.18. The monoisotopic (exact) mass is 370 g/mol. The first-order valence-electron chi connectivity index (χ1n) is 8.93. The number of ether oxygens (including phenoxy) is 1. The zero-order chi connectivity index (χ0) is 19.2. The van der Waals surface area contributed by atoms with Gasteiger partial charge in [0.1, 0.15) is 11.8 Å². The smallest absolute Gasteiger partial charge is 0.340 e. The molecule has 9 nitrogen and oxygen atoms in total. The summed E-state index contributed by atoms with van der Waals surface area (Å²) in [6.07, 6.45) is 7.50. The van der Waals surface area contributed by atoms with Crippen LogP contribution in [0.1, 0.15) is 56.7 Å². The van der Waals surface area contributed by atoms with Crippen molar-refractivity contribution >= 4 is 11.8 Å². The highest BCUT2D eigenvalue weighted by atomic mass is 16.7. The number of hydrogen-bond acceptors (Lipinski definition) is 7. The van der Waals surface area contributed by atoms with Gasteiger partial charge in [0, 0.05) is 24.4 Å². The van der Waals surface area contributed by atoms with Crippen molar-refractivity contribution in [1.29, 1.82) is 0 Å². The summed E-state index contributed by atoms with van der Waals surface area (Å²) in [5, 5.41) is 8.45. The zero-order valence-corrected chi connectivity index (χ0v) is 15.5. The van der Waals surface area contributed by atoms with E-state index in [4.69, 9.17) is 15.3 Å². The quantitative estimate of drug-likeness (QED) is 0.378. The number of hydrogen-bond donors (Lipinski definition) is 1. The van der Waals surface area contributed by atoms with Gasteiger partial charge in [0.25, 0.3) is 0 Å². The predicted octanol–water partition coefficient (Wildman–Crippen LogP) is 1.65. The van der Waals surface area contributed by atoms with Gasteiger partial charge in [-0.15, -0.1) is 0 Å². The highest BCUT2D eigenvalue weighted by molar-refractivity contribution is 5.97. The maximum atomic E-state index is 12.0. The predicted molar refractivity (Wildman–Crippen MR) is 96.0 cm³/mol. The lowest BCUT2D eigenvalue weighted by molar-refractivity contribution is -0.152. The first-order valence-corrected chi connectivity index (χ1v) is 8.93. The average Bonchev–Trinajstić information content (AvgIpc) is 3.21. The third-order valence-corrected chi connectivity index (χ3v) is 4.72. The molecule has 2 N–H and O–H groups in total. The first-order chi connectivity index (χ1) is 12.8. The molecule has 1 saturated heterocycles. The molecule has 2 unspecified atom stereocenters. The number of rotatable bonds is 3. The van der Waals surface area contributed by atoms with E-state index in [0.717, 1.165) is 24.1 Å². The van der Waals surface area contributed by atoms with Crippen LogP contribution < -0.4 is 5.73 Å². The minimum atomic E-state index is -0.671. The summed E-state index contributed by atoms with van der Waals surface area (Å²) >= 11 is 0. The summed E-state index contributed by atoms with van der Waals surface area (Å²) in [5.41, 5.74) is 7.84. The van der Waals surface area contributed by atoms with Crippen molar-refractivity contribution in [2.45, 2.75) is 52.2 Å². The molecule has 2 bridgehead atoms. The Labute approximate surface area is 156 Å². The van der Waals surface area contributed by atoms with E-state index in [1.54, 1.807) is 44.0 Å². The summed E-state index contributed by atoms with van der Waals surface area (Å²) in [6.45, 7) is 5.25. The largest absolute Gasteiger partial charge is 0.379 e. The molecule has 2 aliphatic heterocycles. The summed E-state index contributed by atoms with van der Waals surface area (Å²) in [6, 6.07) is 0. The second-order valence-electron chi connectivity index (χ2n) is 7.82. The van der Waals surface area contributed by atoms with Crippen LogP contribution in [0.2, 0.25) is 0 Å². The van der Waals surface area contributed by atoms with Crippen LogP contribution in [0.4, 0.5) is 0 Å². The summed E-state index contributed by atoms with van der Waals surface area (Å²) < 4.78 is 7.75. The Morgan fingerprint density at radius 1 is 1.37 bits per heavy atom. The van der Waals surface area contributed by atoms with Gasteiger partial charge in [0.2, 0.25) is 0 Å². The molecule has 2 aliphatic rings. The van der Waals surface area contributed by atoms with Gasteiger partial charge in [0.15, 0.2) is 11.7 Å². The van der Waals surface area contributed by atoms with Gasteiger partial charge in [-0.2, -0.15) is 5.10 Å². The number of fused-ring (bicyclic) bond motifs is 4. The standard InChI is InChI=1S/C18H22N6O3/c1-18(2,3)17(25)27-23-16(19)14-11-8-10-4-5-12(26-10)15(11)24(22-14)13-9-20-6-7-21-13/h6-7,9-10,12H,4-5,8H2,1-3H3,(H2,19,23). The Bertz CT molecular complexity index is 900. The van der Waals surface area contributed by atoms with Gasteiger partial charge < -0.3 is 15.3 Å². The van der Waals surface area contributed by atoms with Crippen molar-refractivity contribution in [1.82, 2.24) is 19.7 Å². The minimum absolute atomic E-state index is 0.0628. The highest BCUT2D eigenvalue weighted by Gasteiger charge is 2.40. The van der Waals surface area contributed by atoms with Gasteiger partial charge in [-0.3, -0.25) is 4.98 Å². The molecule has 2 atom stereocenters. The SMILES string of the molecule is CC(C)(C)C(=O)O/N=C(\N)c1nn(-c2cnccn2)c2c1CC1CCC2O1. The topological polar surface area (TPSA) is 118 Å². The van der Waals surface area contributed by atoms with Crippen molar-refractivity contribution in [2.75, 3.05) is 0 Å². The third-order valence-electron chi connectivity index (χ3n) is 4.72. The van der Waals surface area contributed by atoms with Crippen LogP contribution in [-0.4, -0.2) is 37.7 Å². The normalized spacial score (nSPS) is 21.8. The number of nitrogens with zero attached hydrogens (tertiary/aromatic N) is 5. The molecule has 1 fully saturated rings. The average molecular weight is 370 g/mol. The van der Waals surface area contributed by atoms with Crippen LogP contribution in [0, 0.1) is 5.41 Å². The molecule has 0 saturated carbocycles. The van der Waals surface area contributed by atoms with E-state index in [1.807, 2.05) is 0 Å². The lowest BCUT2D eigenvalue weighted by Crippen LogP contribution is -2.25. The van der Waals surface area contributed by atoms with E-state index in [0.29, 0.717) is 17.9 Å². The highest BCUT2D eigenvalue weighted by Crippen LogP contribution is 2.42. The Morgan fingerprint density at radius 2 is 2.19 bits per heavy atom. The fourth-order valence-electron chi connectivity index (χ4n) is 3.33. The van der Waals surface area contributed by atoms with Crippen LogP contribution in [0.15, 0.2) is 23.7 Å². The third kappa shape index (κ3) is 3.18. The molecule has 27 heavy (non-hydrogen) atoms. The van der Waals surface area contributed by atoms with Gasteiger partial charge in [-0.1, -0.05) is 5.16 Å². The van der Waals surface area contributed by atoms with Crippen LogP contribution in [0.3, 0.4) is 0 Å². The molecule has 4 heterocycles. The van der Waals surface area contributed by atoms with E-state index in [2.05, 4.69) is 20.2 Å². The van der Waals surface area contributed by atoms with Gasteiger partial charge in [-0.25, -0.2) is 14.5 Å². The van der Waals surface area contributed by atoms with Gasteiger partial charge >= 0.3 is 5.97 Å².